The van der Waals surface area contributed by atoms with E-state index < -0.39 is 17.3 Å². The summed E-state index contributed by atoms with van der Waals surface area (Å²) < 4.78 is 21.2. The Morgan fingerprint density at radius 2 is 1.86 bits per heavy atom. The number of rotatable bonds is 6. The van der Waals surface area contributed by atoms with Gasteiger partial charge in [0.05, 0.1) is 24.4 Å². The fourth-order valence-electron chi connectivity index (χ4n) is 5.43. The lowest BCUT2D eigenvalue weighted by molar-refractivity contribution is -0.134. The Kier molecular flexibility index (Phi) is 7.44. The van der Waals surface area contributed by atoms with Crippen LogP contribution in [0.4, 0.5) is 10.1 Å². The van der Waals surface area contributed by atoms with Crippen LogP contribution < -0.4 is 10.6 Å². The van der Waals surface area contributed by atoms with Crippen LogP contribution in [0.15, 0.2) is 18.2 Å². The third-order valence-electron chi connectivity index (χ3n) is 7.28. The molecule has 1 fully saturated rings. The first-order chi connectivity index (χ1) is 16.8. The molecule has 1 aliphatic carbocycles. The Bertz CT molecular complexity index is 1120. The number of ether oxygens (including phenoxy) is 1. The van der Waals surface area contributed by atoms with Gasteiger partial charge in [-0.3, -0.25) is 14.4 Å². The molecule has 1 atom stereocenters. The zero-order valence-corrected chi connectivity index (χ0v) is 20.8. The van der Waals surface area contributed by atoms with Crippen molar-refractivity contribution < 1.29 is 23.5 Å². The lowest BCUT2D eigenvalue weighted by Gasteiger charge is -2.44. The van der Waals surface area contributed by atoms with E-state index in [1.807, 2.05) is 0 Å². The standard InChI is InChI=1S/C26H35FN4O4/c1-17(32)28-22-20-15-18(27)11-12-21(20)30-16-26(2,31(13-14-35-3)24(33)23(22)30)25(34)29-19-9-7-5-4-6-8-10-19/h11-12,15,19H,4-10,13-14,16H2,1-3H3,(H,28,32)(H,29,34)/t26-/m1/s1. The van der Waals surface area contributed by atoms with Crippen molar-refractivity contribution in [1.82, 2.24) is 14.8 Å². The average Bonchev–Trinajstić information content (AvgIpc) is 3.07. The molecule has 2 aromatic rings. The molecule has 1 aromatic carbocycles. The fraction of sp³-hybridized carbons (Fsp3) is 0.577. The van der Waals surface area contributed by atoms with E-state index in [0.29, 0.717) is 10.9 Å². The highest BCUT2D eigenvalue weighted by Crippen LogP contribution is 2.39. The quantitative estimate of drug-likeness (QED) is 0.649. The molecular formula is C26H35FN4O4. The zero-order chi connectivity index (χ0) is 25.2. The first kappa shape index (κ1) is 25.2. The normalized spacial score (nSPS) is 21.4. The minimum Gasteiger partial charge on any atom is -0.383 e. The summed E-state index contributed by atoms with van der Waals surface area (Å²) in [5.41, 5.74) is -0.0800. The first-order valence-corrected chi connectivity index (χ1v) is 12.5. The highest BCUT2D eigenvalue weighted by atomic mass is 19.1. The number of nitrogens with zero attached hydrogens (tertiary/aromatic N) is 2. The molecule has 190 valence electrons. The van der Waals surface area contributed by atoms with Gasteiger partial charge in [0.1, 0.15) is 17.1 Å². The number of hydrogen-bond acceptors (Lipinski definition) is 4. The van der Waals surface area contributed by atoms with Gasteiger partial charge in [-0.15, -0.1) is 0 Å². The Labute approximate surface area is 205 Å². The van der Waals surface area contributed by atoms with E-state index in [4.69, 9.17) is 4.74 Å². The summed E-state index contributed by atoms with van der Waals surface area (Å²) in [6.45, 7) is 3.76. The Morgan fingerprint density at radius 3 is 2.51 bits per heavy atom. The summed E-state index contributed by atoms with van der Waals surface area (Å²) in [5.74, 6) is -1.44. The average molecular weight is 487 g/mol. The van der Waals surface area contributed by atoms with Gasteiger partial charge in [0.25, 0.3) is 5.91 Å². The molecular weight excluding hydrogens is 451 g/mol. The van der Waals surface area contributed by atoms with Gasteiger partial charge in [0, 0.05) is 32.0 Å². The number of methoxy groups -OCH3 is 1. The van der Waals surface area contributed by atoms with Gasteiger partial charge in [-0.1, -0.05) is 32.1 Å². The number of amides is 3. The summed E-state index contributed by atoms with van der Waals surface area (Å²) in [4.78, 5) is 41.2. The Hall–Kier alpha value is -2.94. The number of hydrogen-bond donors (Lipinski definition) is 2. The van der Waals surface area contributed by atoms with Gasteiger partial charge in [0.15, 0.2) is 0 Å². The number of aromatic nitrogens is 1. The number of anilines is 1. The van der Waals surface area contributed by atoms with Crippen molar-refractivity contribution in [3.05, 3.63) is 29.7 Å². The summed E-state index contributed by atoms with van der Waals surface area (Å²) in [5, 5.41) is 6.38. The van der Waals surface area contributed by atoms with Crippen LogP contribution in [0.25, 0.3) is 10.9 Å². The predicted molar refractivity (Wildman–Crippen MR) is 132 cm³/mol. The van der Waals surface area contributed by atoms with Gasteiger partial charge in [0.2, 0.25) is 11.8 Å². The number of carbonyl (C=O) groups excluding carboxylic acids is 3. The molecule has 2 N–H and O–H groups in total. The van der Waals surface area contributed by atoms with Crippen molar-refractivity contribution in [1.29, 1.82) is 0 Å². The second kappa shape index (κ2) is 10.4. The maximum atomic E-state index is 14.2. The van der Waals surface area contributed by atoms with Crippen molar-refractivity contribution >= 4 is 34.3 Å². The van der Waals surface area contributed by atoms with Crippen LogP contribution in [0, 0.1) is 5.82 Å². The SMILES string of the molecule is COCCN1C(=O)c2c(NC(C)=O)c3cc(F)ccc3n2C[C@]1(C)C(=O)NC1CCCCCCC1. The highest BCUT2D eigenvalue weighted by Gasteiger charge is 2.49. The topological polar surface area (TPSA) is 92.7 Å². The van der Waals surface area contributed by atoms with Gasteiger partial charge < -0.3 is 24.8 Å². The van der Waals surface area contributed by atoms with Gasteiger partial charge in [-0.25, -0.2) is 4.39 Å². The number of nitrogens with one attached hydrogen (secondary N) is 2. The van der Waals surface area contributed by atoms with Crippen LogP contribution in [-0.4, -0.2) is 59.0 Å². The smallest absolute Gasteiger partial charge is 0.273 e. The molecule has 8 nitrogen and oxygen atoms in total. The van der Waals surface area contributed by atoms with Crippen LogP contribution in [0.1, 0.15) is 69.3 Å². The minimum atomic E-state index is -1.18. The molecule has 0 spiro atoms. The van der Waals surface area contributed by atoms with Crippen LogP contribution in [0.3, 0.4) is 0 Å². The predicted octanol–water partition coefficient (Wildman–Crippen LogP) is 3.83. The molecule has 2 heterocycles. The van der Waals surface area contributed by atoms with E-state index in [-0.39, 0.29) is 48.9 Å². The minimum absolute atomic E-state index is 0.0749. The molecule has 35 heavy (non-hydrogen) atoms. The second-order valence-corrected chi connectivity index (χ2v) is 9.89. The number of carbonyl (C=O) groups is 3. The van der Waals surface area contributed by atoms with E-state index in [2.05, 4.69) is 10.6 Å². The maximum absolute atomic E-state index is 14.2. The Morgan fingerprint density at radius 1 is 1.17 bits per heavy atom. The molecule has 3 amide bonds. The molecule has 1 aliphatic heterocycles. The van der Waals surface area contributed by atoms with Crippen molar-refractivity contribution in [2.45, 2.75) is 76.9 Å². The van der Waals surface area contributed by atoms with Crippen molar-refractivity contribution in [3.63, 3.8) is 0 Å². The zero-order valence-electron chi connectivity index (χ0n) is 20.8. The molecule has 9 heteroatoms. The third-order valence-corrected chi connectivity index (χ3v) is 7.28. The molecule has 0 bridgehead atoms. The lowest BCUT2D eigenvalue weighted by atomic mass is 9.92. The van der Waals surface area contributed by atoms with Crippen LogP contribution in [-0.2, 0) is 20.9 Å². The lowest BCUT2D eigenvalue weighted by Crippen LogP contribution is -2.65. The number of fused-ring (bicyclic) bond motifs is 3. The second-order valence-electron chi connectivity index (χ2n) is 9.89. The molecule has 1 aromatic heterocycles. The van der Waals surface area contributed by atoms with E-state index >= 15 is 0 Å². The number of halogens is 1. The van der Waals surface area contributed by atoms with E-state index in [9.17, 15) is 18.8 Å². The van der Waals surface area contributed by atoms with E-state index in [1.165, 1.54) is 43.2 Å². The summed E-state index contributed by atoms with van der Waals surface area (Å²) in [6.07, 6.45) is 7.58. The molecule has 0 radical (unpaired) electrons. The maximum Gasteiger partial charge on any atom is 0.273 e. The third kappa shape index (κ3) is 4.91. The van der Waals surface area contributed by atoms with Gasteiger partial charge >= 0.3 is 0 Å². The monoisotopic (exact) mass is 486 g/mol. The van der Waals surface area contributed by atoms with Gasteiger partial charge in [-0.2, -0.15) is 0 Å². The van der Waals surface area contributed by atoms with Crippen LogP contribution in [0.2, 0.25) is 0 Å². The fourth-order valence-corrected chi connectivity index (χ4v) is 5.43. The summed E-state index contributed by atoms with van der Waals surface area (Å²) in [7, 11) is 1.54. The Balaban J connectivity index is 1.77. The van der Waals surface area contributed by atoms with Crippen LogP contribution >= 0.6 is 0 Å². The molecule has 1 saturated carbocycles. The van der Waals surface area contributed by atoms with Crippen molar-refractivity contribution in [3.8, 4) is 0 Å². The first-order valence-electron chi connectivity index (χ1n) is 12.5. The summed E-state index contributed by atoms with van der Waals surface area (Å²) in [6, 6.07) is 4.29. The van der Waals surface area contributed by atoms with E-state index in [0.717, 1.165) is 25.7 Å². The van der Waals surface area contributed by atoms with Gasteiger partial charge in [-0.05, 0) is 38.0 Å². The number of benzene rings is 1. The molecule has 2 aliphatic rings. The molecule has 0 saturated heterocycles. The van der Waals surface area contributed by atoms with E-state index in [1.54, 1.807) is 24.7 Å². The van der Waals surface area contributed by atoms with Crippen molar-refractivity contribution in [2.24, 2.45) is 0 Å². The highest BCUT2D eigenvalue weighted by molar-refractivity contribution is 6.14. The van der Waals surface area contributed by atoms with Crippen molar-refractivity contribution in [2.75, 3.05) is 25.6 Å². The summed E-state index contributed by atoms with van der Waals surface area (Å²) >= 11 is 0. The molecule has 4 rings (SSSR count). The molecule has 0 unspecified atom stereocenters. The largest absolute Gasteiger partial charge is 0.383 e. The van der Waals surface area contributed by atoms with Crippen LogP contribution in [0.5, 0.6) is 0 Å².